The van der Waals surface area contributed by atoms with Crippen molar-refractivity contribution in [3.63, 3.8) is 0 Å². The van der Waals surface area contributed by atoms with Crippen LogP contribution in [0.4, 0.5) is 0 Å². The number of rotatable bonds is 5. The minimum atomic E-state index is 0.111. The molecule has 1 saturated heterocycles. The first kappa shape index (κ1) is 14.4. The van der Waals surface area contributed by atoms with Gasteiger partial charge in [0.25, 0.3) is 0 Å². The number of nitrogens with zero attached hydrogens (tertiary/aromatic N) is 2. The molecular weight excluding hydrogens is 256 g/mol. The second-order valence-electron chi connectivity index (χ2n) is 4.78. The highest BCUT2D eigenvalue weighted by atomic mass is 16.5. The molecular formula is C15H20N2O3. The van der Waals surface area contributed by atoms with Gasteiger partial charge in [-0.25, -0.2) is 0 Å². The van der Waals surface area contributed by atoms with E-state index < -0.39 is 0 Å². The minimum absolute atomic E-state index is 0.111. The minimum Gasteiger partial charge on any atom is -0.494 e. The largest absolute Gasteiger partial charge is 0.494 e. The molecule has 0 bridgehead atoms. The molecule has 0 aromatic heterocycles. The fourth-order valence-electron chi connectivity index (χ4n) is 2.23. The fraction of sp³-hybridized carbons (Fsp3) is 0.467. The topological polar surface area (TPSA) is 49.9 Å². The molecule has 0 unspecified atom stereocenters. The predicted octanol–water partition coefficient (Wildman–Crippen LogP) is 0.928. The summed E-state index contributed by atoms with van der Waals surface area (Å²) in [5, 5.41) is 0. The van der Waals surface area contributed by atoms with Crippen LogP contribution in [0.2, 0.25) is 0 Å². The summed E-state index contributed by atoms with van der Waals surface area (Å²) in [4.78, 5) is 26.3. The lowest BCUT2D eigenvalue weighted by atomic mass is 10.1. The van der Waals surface area contributed by atoms with E-state index in [2.05, 4.69) is 0 Å². The van der Waals surface area contributed by atoms with E-state index in [9.17, 15) is 9.59 Å². The van der Waals surface area contributed by atoms with Gasteiger partial charge < -0.3 is 14.5 Å². The van der Waals surface area contributed by atoms with E-state index in [1.54, 1.807) is 4.90 Å². The summed E-state index contributed by atoms with van der Waals surface area (Å²) in [7, 11) is 0. The quantitative estimate of drug-likeness (QED) is 0.752. The summed E-state index contributed by atoms with van der Waals surface area (Å²) in [5.41, 5.74) is 0.983. The van der Waals surface area contributed by atoms with Crippen LogP contribution in [0.1, 0.15) is 12.5 Å². The first-order chi connectivity index (χ1) is 9.72. The monoisotopic (exact) mass is 276 g/mol. The highest BCUT2D eigenvalue weighted by Crippen LogP contribution is 2.13. The molecule has 1 aromatic rings. The number of amides is 2. The summed E-state index contributed by atoms with van der Waals surface area (Å²) >= 11 is 0. The Kier molecular flexibility index (Phi) is 4.98. The standard InChI is InChI=1S/C15H20N2O3/c1-2-20-14-5-3-13(4-6-14)11-15(19)17-9-7-16(12-18)8-10-17/h3-6,12H,2,7-11H2,1H3. The van der Waals surface area contributed by atoms with E-state index in [-0.39, 0.29) is 5.91 Å². The molecule has 108 valence electrons. The van der Waals surface area contributed by atoms with Gasteiger partial charge in [-0.1, -0.05) is 12.1 Å². The van der Waals surface area contributed by atoms with Crippen LogP contribution in [-0.4, -0.2) is 54.9 Å². The van der Waals surface area contributed by atoms with Crippen LogP contribution in [0.5, 0.6) is 5.75 Å². The van der Waals surface area contributed by atoms with Gasteiger partial charge in [-0.3, -0.25) is 9.59 Å². The Morgan fingerprint density at radius 1 is 1.20 bits per heavy atom. The number of ether oxygens (including phenoxy) is 1. The van der Waals surface area contributed by atoms with Crippen LogP contribution in [0.15, 0.2) is 24.3 Å². The van der Waals surface area contributed by atoms with Crippen LogP contribution in [0.3, 0.4) is 0 Å². The van der Waals surface area contributed by atoms with E-state index in [0.29, 0.717) is 39.2 Å². The van der Waals surface area contributed by atoms with Crippen molar-refractivity contribution in [2.75, 3.05) is 32.8 Å². The average Bonchev–Trinajstić information content (AvgIpc) is 2.49. The second-order valence-corrected chi connectivity index (χ2v) is 4.78. The lowest BCUT2D eigenvalue weighted by Crippen LogP contribution is -2.48. The molecule has 1 aromatic carbocycles. The highest BCUT2D eigenvalue weighted by molar-refractivity contribution is 5.79. The molecule has 0 N–H and O–H groups in total. The molecule has 1 aliphatic heterocycles. The van der Waals surface area contributed by atoms with Crippen molar-refractivity contribution < 1.29 is 14.3 Å². The Morgan fingerprint density at radius 2 is 1.85 bits per heavy atom. The summed E-state index contributed by atoms with van der Waals surface area (Å²) in [5.74, 6) is 0.933. The molecule has 5 nitrogen and oxygen atoms in total. The van der Waals surface area contributed by atoms with E-state index in [4.69, 9.17) is 4.74 Å². The van der Waals surface area contributed by atoms with Crippen molar-refractivity contribution in [2.24, 2.45) is 0 Å². The molecule has 5 heteroatoms. The maximum Gasteiger partial charge on any atom is 0.227 e. The van der Waals surface area contributed by atoms with E-state index in [1.807, 2.05) is 36.1 Å². The van der Waals surface area contributed by atoms with Gasteiger partial charge in [0.15, 0.2) is 0 Å². The number of hydrogen-bond donors (Lipinski definition) is 0. The molecule has 0 saturated carbocycles. The summed E-state index contributed by atoms with van der Waals surface area (Å²) in [6.07, 6.45) is 1.24. The first-order valence-corrected chi connectivity index (χ1v) is 6.91. The van der Waals surface area contributed by atoms with Gasteiger partial charge >= 0.3 is 0 Å². The lowest BCUT2D eigenvalue weighted by Gasteiger charge is -2.32. The van der Waals surface area contributed by atoms with Crippen LogP contribution >= 0.6 is 0 Å². The van der Waals surface area contributed by atoms with Gasteiger partial charge in [-0.2, -0.15) is 0 Å². The number of piperazine rings is 1. The Morgan fingerprint density at radius 3 is 2.40 bits per heavy atom. The summed E-state index contributed by atoms with van der Waals surface area (Å²) < 4.78 is 5.37. The van der Waals surface area contributed by atoms with Gasteiger partial charge in [0.2, 0.25) is 12.3 Å². The second kappa shape index (κ2) is 6.93. The third kappa shape index (κ3) is 3.73. The van der Waals surface area contributed by atoms with E-state index in [0.717, 1.165) is 17.7 Å². The highest BCUT2D eigenvalue weighted by Gasteiger charge is 2.19. The maximum absolute atomic E-state index is 12.2. The van der Waals surface area contributed by atoms with Crippen LogP contribution in [-0.2, 0) is 16.0 Å². The van der Waals surface area contributed by atoms with Crippen molar-refractivity contribution in [1.29, 1.82) is 0 Å². The van der Waals surface area contributed by atoms with E-state index in [1.165, 1.54) is 0 Å². The van der Waals surface area contributed by atoms with Gasteiger partial charge in [0.1, 0.15) is 5.75 Å². The third-order valence-electron chi connectivity index (χ3n) is 3.41. The Bertz CT molecular complexity index is 451. The molecule has 2 amide bonds. The van der Waals surface area contributed by atoms with Crippen molar-refractivity contribution in [1.82, 2.24) is 9.80 Å². The Balaban J connectivity index is 1.86. The number of carbonyl (C=O) groups is 2. The third-order valence-corrected chi connectivity index (χ3v) is 3.41. The fourth-order valence-corrected chi connectivity index (χ4v) is 2.23. The molecule has 1 fully saturated rings. The van der Waals surface area contributed by atoms with Crippen LogP contribution < -0.4 is 4.74 Å². The zero-order valence-electron chi connectivity index (χ0n) is 11.7. The van der Waals surface area contributed by atoms with Gasteiger partial charge in [0.05, 0.1) is 13.0 Å². The van der Waals surface area contributed by atoms with Crippen molar-refractivity contribution in [2.45, 2.75) is 13.3 Å². The number of carbonyl (C=O) groups excluding carboxylic acids is 2. The zero-order chi connectivity index (χ0) is 14.4. The van der Waals surface area contributed by atoms with E-state index >= 15 is 0 Å². The molecule has 1 heterocycles. The number of hydrogen-bond acceptors (Lipinski definition) is 3. The van der Waals surface area contributed by atoms with Gasteiger partial charge in [-0.05, 0) is 24.6 Å². The SMILES string of the molecule is CCOc1ccc(CC(=O)N2CCN(C=O)CC2)cc1. The molecule has 0 spiro atoms. The lowest BCUT2D eigenvalue weighted by molar-refractivity contribution is -0.134. The summed E-state index contributed by atoms with van der Waals surface area (Å²) in [6.45, 7) is 5.07. The van der Waals surface area contributed by atoms with Crippen LogP contribution in [0.25, 0.3) is 0 Å². The number of benzene rings is 1. The Labute approximate surface area is 119 Å². The van der Waals surface area contributed by atoms with Gasteiger partial charge in [-0.15, -0.1) is 0 Å². The zero-order valence-corrected chi connectivity index (χ0v) is 11.7. The summed E-state index contributed by atoms with van der Waals surface area (Å²) in [6, 6.07) is 7.61. The van der Waals surface area contributed by atoms with Crippen LogP contribution in [0, 0.1) is 0 Å². The average molecular weight is 276 g/mol. The molecule has 2 rings (SSSR count). The molecule has 1 aliphatic rings. The van der Waals surface area contributed by atoms with Crippen molar-refractivity contribution in [3.05, 3.63) is 29.8 Å². The molecule has 0 atom stereocenters. The maximum atomic E-state index is 12.2. The molecule has 20 heavy (non-hydrogen) atoms. The Hall–Kier alpha value is -2.04. The van der Waals surface area contributed by atoms with Crippen molar-refractivity contribution in [3.8, 4) is 5.75 Å². The van der Waals surface area contributed by atoms with Crippen molar-refractivity contribution >= 4 is 12.3 Å². The first-order valence-electron chi connectivity index (χ1n) is 6.91. The van der Waals surface area contributed by atoms with Gasteiger partial charge in [0, 0.05) is 26.2 Å². The molecule has 0 aliphatic carbocycles. The molecule has 0 radical (unpaired) electrons. The normalized spacial score (nSPS) is 15.1. The predicted molar refractivity (Wildman–Crippen MR) is 75.5 cm³/mol. The smallest absolute Gasteiger partial charge is 0.227 e.